The summed E-state index contributed by atoms with van der Waals surface area (Å²) in [7, 11) is 0. The van der Waals surface area contributed by atoms with E-state index in [9.17, 15) is 4.79 Å². The molecule has 2 rings (SSSR count). The maximum Gasteiger partial charge on any atom is 0.276 e. The molecule has 23 heavy (non-hydrogen) atoms. The van der Waals surface area contributed by atoms with E-state index in [0.29, 0.717) is 23.3 Å². The molecule has 0 spiro atoms. The van der Waals surface area contributed by atoms with Crippen molar-refractivity contribution in [3.8, 4) is 0 Å². The van der Waals surface area contributed by atoms with Crippen molar-refractivity contribution in [3.63, 3.8) is 0 Å². The molecule has 2 aromatic rings. The molecule has 0 aliphatic carbocycles. The normalized spacial score (nSPS) is 10.9. The molecule has 0 unspecified atom stereocenters. The lowest BCUT2D eigenvalue weighted by Crippen LogP contribution is -2.15. The lowest BCUT2D eigenvalue weighted by Gasteiger charge is -2.09. The third kappa shape index (κ3) is 5.06. The van der Waals surface area contributed by atoms with E-state index < -0.39 is 0 Å². The van der Waals surface area contributed by atoms with Crippen LogP contribution in [0.3, 0.4) is 0 Å². The molecule has 0 aliphatic heterocycles. The predicted molar refractivity (Wildman–Crippen MR) is 93.8 cm³/mol. The first-order valence-corrected chi connectivity index (χ1v) is 7.94. The fourth-order valence-corrected chi connectivity index (χ4v) is 2.00. The molecule has 122 valence electrons. The zero-order chi connectivity index (χ0) is 16.8. The number of anilines is 2. The van der Waals surface area contributed by atoms with Gasteiger partial charge in [0.15, 0.2) is 5.69 Å². The molecule has 2 N–H and O–H groups in total. The number of nitrogens with zero attached hydrogens (tertiary/aromatic N) is 2. The van der Waals surface area contributed by atoms with Crippen LogP contribution in [-0.4, -0.2) is 22.6 Å². The average Bonchev–Trinajstić information content (AvgIpc) is 2.54. The number of nitrogens with one attached hydrogen (secondary N) is 2. The van der Waals surface area contributed by atoms with Gasteiger partial charge in [-0.1, -0.05) is 39.8 Å². The first-order chi connectivity index (χ1) is 11.0. The Morgan fingerprint density at radius 1 is 1.00 bits per heavy atom. The van der Waals surface area contributed by atoms with Crippen molar-refractivity contribution in [2.45, 2.75) is 33.6 Å². The number of aromatic nitrogens is 2. The highest BCUT2D eigenvalue weighted by Gasteiger charge is 2.09. The van der Waals surface area contributed by atoms with Crippen molar-refractivity contribution in [2.75, 3.05) is 17.2 Å². The summed E-state index contributed by atoms with van der Waals surface area (Å²) >= 11 is 0. The second-order valence-corrected chi connectivity index (χ2v) is 6.31. The summed E-state index contributed by atoms with van der Waals surface area (Å²) in [6.07, 6.45) is 0. The van der Waals surface area contributed by atoms with Gasteiger partial charge in [0.05, 0.1) is 0 Å². The van der Waals surface area contributed by atoms with Gasteiger partial charge in [0.25, 0.3) is 5.91 Å². The number of amides is 1. The maximum atomic E-state index is 12.2. The third-order valence-corrected chi connectivity index (χ3v) is 3.42. The van der Waals surface area contributed by atoms with Gasteiger partial charge in [0.2, 0.25) is 0 Å². The number of carbonyl (C=O) groups is 1. The van der Waals surface area contributed by atoms with Gasteiger partial charge in [-0.2, -0.15) is 0 Å². The molecule has 1 aromatic carbocycles. The average molecular weight is 312 g/mol. The van der Waals surface area contributed by atoms with Gasteiger partial charge in [-0.05, 0) is 41.7 Å². The Bertz CT molecular complexity index is 633. The Kier molecular flexibility index (Phi) is 5.68. The smallest absolute Gasteiger partial charge is 0.276 e. The van der Waals surface area contributed by atoms with Crippen molar-refractivity contribution in [1.29, 1.82) is 0 Å². The molecule has 0 bridgehead atoms. The maximum absolute atomic E-state index is 12.2. The summed E-state index contributed by atoms with van der Waals surface area (Å²) in [6, 6.07) is 11.3. The van der Waals surface area contributed by atoms with E-state index in [1.165, 1.54) is 5.56 Å². The minimum atomic E-state index is -0.259. The molecule has 0 fully saturated rings. The standard InChI is InChI=1S/C18H24N4O/c1-12(2)11-19-17-10-9-16(21-22-17)18(23)20-15-7-5-14(6-8-15)13(3)4/h5-10,12-13H,11H2,1-4H3,(H,19,22)(H,20,23). The van der Waals surface area contributed by atoms with Crippen LogP contribution < -0.4 is 10.6 Å². The van der Waals surface area contributed by atoms with E-state index >= 15 is 0 Å². The predicted octanol–water partition coefficient (Wildman–Crippen LogP) is 3.92. The fourth-order valence-electron chi connectivity index (χ4n) is 2.00. The Morgan fingerprint density at radius 3 is 2.22 bits per heavy atom. The van der Waals surface area contributed by atoms with E-state index in [2.05, 4.69) is 48.5 Å². The number of carbonyl (C=O) groups excluding carboxylic acids is 1. The molecule has 5 heteroatoms. The second kappa shape index (κ2) is 7.72. The van der Waals surface area contributed by atoms with Crippen LogP contribution in [0.2, 0.25) is 0 Å². The Labute approximate surface area is 137 Å². The quantitative estimate of drug-likeness (QED) is 0.848. The Hall–Kier alpha value is -2.43. The van der Waals surface area contributed by atoms with Gasteiger partial charge in [-0.15, -0.1) is 10.2 Å². The van der Waals surface area contributed by atoms with Gasteiger partial charge in [-0.25, -0.2) is 0 Å². The van der Waals surface area contributed by atoms with Gasteiger partial charge >= 0.3 is 0 Å². The molecule has 0 radical (unpaired) electrons. The third-order valence-electron chi connectivity index (χ3n) is 3.42. The summed E-state index contributed by atoms with van der Waals surface area (Å²) < 4.78 is 0. The number of rotatable bonds is 6. The van der Waals surface area contributed by atoms with Crippen LogP contribution in [0.1, 0.15) is 49.7 Å². The first kappa shape index (κ1) is 16.9. The van der Waals surface area contributed by atoms with Crippen molar-refractivity contribution in [2.24, 2.45) is 5.92 Å². The summed E-state index contributed by atoms with van der Waals surface area (Å²) in [6.45, 7) is 9.33. The fraction of sp³-hybridized carbons (Fsp3) is 0.389. The molecule has 0 atom stereocenters. The van der Waals surface area contributed by atoms with E-state index in [4.69, 9.17) is 0 Å². The number of benzene rings is 1. The van der Waals surface area contributed by atoms with E-state index in [0.717, 1.165) is 12.2 Å². The summed E-state index contributed by atoms with van der Waals surface area (Å²) in [5.41, 5.74) is 2.29. The van der Waals surface area contributed by atoms with Crippen LogP contribution in [0.4, 0.5) is 11.5 Å². The van der Waals surface area contributed by atoms with Crippen molar-refractivity contribution >= 4 is 17.4 Å². The molecule has 0 aliphatic rings. The minimum Gasteiger partial charge on any atom is -0.368 e. The first-order valence-electron chi connectivity index (χ1n) is 7.94. The molecular formula is C18H24N4O. The van der Waals surface area contributed by atoms with Crippen molar-refractivity contribution in [3.05, 3.63) is 47.7 Å². The largest absolute Gasteiger partial charge is 0.368 e. The molecule has 0 saturated heterocycles. The summed E-state index contributed by atoms with van der Waals surface area (Å²) in [5.74, 6) is 1.41. The van der Waals surface area contributed by atoms with Crippen LogP contribution in [0.25, 0.3) is 0 Å². The molecule has 1 amide bonds. The number of hydrogen-bond acceptors (Lipinski definition) is 4. The van der Waals surface area contributed by atoms with Gasteiger partial charge < -0.3 is 10.6 Å². The topological polar surface area (TPSA) is 66.9 Å². The van der Waals surface area contributed by atoms with Crippen LogP contribution in [0.5, 0.6) is 0 Å². The Balaban J connectivity index is 1.97. The van der Waals surface area contributed by atoms with Crippen LogP contribution in [0, 0.1) is 5.92 Å². The lowest BCUT2D eigenvalue weighted by molar-refractivity contribution is 0.102. The van der Waals surface area contributed by atoms with Crippen LogP contribution in [0.15, 0.2) is 36.4 Å². The molecule has 1 heterocycles. The molecule has 1 aromatic heterocycles. The van der Waals surface area contributed by atoms with Crippen molar-refractivity contribution < 1.29 is 4.79 Å². The van der Waals surface area contributed by atoms with Crippen molar-refractivity contribution in [1.82, 2.24) is 10.2 Å². The van der Waals surface area contributed by atoms with Gasteiger partial charge in [0, 0.05) is 12.2 Å². The highest BCUT2D eigenvalue weighted by atomic mass is 16.1. The van der Waals surface area contributed by atoms with Gasteiger partial charge in [-0.3, -0.25) is 4.79 Å². The second-order valence-electron chi connectivity index (χ2n) is 6.31. The van der Waals surface area contributed by atoms with Gasteiger partial charge in [0.1, 0.15) is 5.82 Å². The van der Waals surface area contributed by atoms with E-state index in [-0.39, 0.29) is 5.91 Å². The molecular weight excluding hydrogens is 288 g/mol. The minimum absolute atomic E-state index is 0.259. The highest BCUT2D eigenvalue weighted by molar-refractivity contribution is 6.02. The van der Waals surface area contributed by atoms with E-state index in [1.807, 2.05) is 24.3 Å². The molecule has 5 nitrogen and oxygen atoms in total. The highest BCUT2D eigenvalue weighted by Crippen LogP contribution is 2.17. The SMILES string of the molecule is CC(C)CNc1ccc(C(=O)Nc2ccc(C(C)C)cc2)nn1. The zero-order valence-corrected chi connectivity index (χ0v) is 14.1. The molecule has 0 saturated carbocycles. The number of hydrogen-bond donors (Lipinski definition) is 2. The zero-order valence-electron chi connectivity index (χ0n) is 14.1. The lowest BCUT2D eigenvalue weighted by atomic mass is 10.0. The monoisotopic (exact) mass is 312 g/mol. The van der Waals surface area contributed by atoms with Crippen LogP contribution in [-0.2, 0) is 0 Å². The summed E-state index contributed by atoms with van der Waals surface area (Å²) in [4.78, 5) is 12.2. The summed E-state index contributed by atoms with van der Waals surface area (Å²) in [5, 5.41) is 14.0. The van der Waals surface area contributed by atoms with Crippen LogP contribution >= 0.6 is 0 Å². The Morgan fingerprint density at radius 2 is 1.70 bits per heavy atom. The van der Waals surface area contributed by atoms with E-state index in [1.54, 1.807) is 12.1 Å².